The van der Waals surface area contributed by atoms with Crippen molar-refractivity contribution < 1.29 is 14.3 Å². The molecule has 4 heteroatoms. The van der Waals surface area contributed by atoms with Crippen molar-refractivity contribution in [2.24, 2.45) is 0 Å². The van der Waals surface area contributed by atoms with E-state index in [0.717, 1.165) is 5.56 Å². The van der Waals surface area contributed by atoms with Gasteiger partial charge < -0.3 is 9.47 Å². The predicted octanol–water partition coefficient (Wildman–Crippen LogP) is 1.92. The summed E-state index contributed by atoms with van der Waals surface area (Å²) in [7, 11) is 1.64. The molecule has 1 N–H and O–H groups in total. The Hall–Kier alpha value is -1.39. The fourth-order valence-corrected chi connectivity index (χ4v) is 1.75. The molecule has 0 aliphatic rings. The molecule has 2 atom stereocenters. The number of benzene rings is 1. The molecule has 0 aliphatic carbocycles. The van der Waals surface area contributed by atoms with Crippen molar-refractivity contribution in [3.8, 4) is 0 Å². The molecule has 0 bridgehead atoms. The van der Waals surface area contributed by atoms with E-state index in [-0.39, 0.29) is 12.0 Å². The maximum Gasteiger partial charge on any atom is 0.327 e. The van der Waals surface area contributed by atoms with E-state index in [1.807, 2.05) is 37.3 Å². The lowest BCUT2D eigenvalue weighted by atomic mass is 10.1. The smallest absolute Gasteiger partial charge is 0.327 e. The average molecular weight is 251 g/mol. The number of carbonyl (C=O) groups is 1. The highest BCUT2D eigenvalue weighted by Gasteiger charge is 2.23. The molecule has 1 aromatic carbocycles. The molecule has 0 saturated carbocycles. The van der Waals surface area contributed by atoms with Crippen LogP contribution in [0.4, 0.5) is 0 Å². The molecule has 0 spiro atoms. The van der Waals surface area contributed by atoms with Gasteiger partial charge in [0.1, 0.15) is 6.04 Å². The normalized spacial score (nSPS) is 13.9. The summed E-state index contributed by atoms with van der Waals surface area (Å²) in [4.78, 5) is 12.0. The fourth-order valence-electron chi connectivity index (χ4n) is 1.75. The number of hydrogen-bond acceptors (Lipinski definition) is 4. The Morgan fingerprint density at radius 2 is 2.00 bits per heavy atom. The Morgan fingerprint density at radius 1 is 1.33 bits per heavy atom. The Morgan fingerprint density at radius 3 is 2.56 bits per heavy atom. The third kappa shape index (κ3) is 4.47. The summed E-state index contributed by atoms with van der Waals surface area (Å²) in [5, 5.41) is 3.22. The zero-order valence-corrected chi connectivity index (χ0v) is 11.2. The molecule has 100 valence electrons. The molecule has 1 aromatic rings. The maximum atomic E-state index is 12.0. The van der Waals surface area contributed by atoms with E-state index < -0.39 is 6.04 Å². The zero-order chi connectivity index (χ0) is 13.4. The average Bonchev–Trinajstić information content (AvgIpc) is 2.37. The lowest BCUT2D eigenvalue weighted by molar-refractivity contribution is -0.146. The summed E-state index contributed by atoms with van der Waals surface area (Å²) in [5.41, 5.74) is 0.902. The standard InChI is InChI=1S/C14H21NO3/c1-4-18-14(16)13(15-11(2)10-17-3)12-8-6-5-7-9-12/h5-9,11,13,15H,4,10H2,1-3H3. The quantitative estimate of drug-likeness (QED) is 0.752. The number of methoxy groups -OCH3 is 1. The first-order valence-electron chi connectivity index (χ1n) is 6.15. The third-order valence-electron chi connectivity index (χ3n) is 2.52. The van der Waals surface area contributed by atoms with Crippen LogP contribution in [0.1, 0.15) is 25.5 Å². The van der Waals surface area contributed by atoms with Gasteiger partial charge in [-0.25, -0.2) is 4.79 Å². The van der Waals surface area contributed by atoms with E-state index >= 15 is 0 Å². The lowest BCUT2D eigenvalue weighted by Crippen LogP contribution is -2.38. The van der Waals surface area contributed by atoms with Crippen molar-refractivity contribution in [2.45, 2.75) is 25.9 Å². The molecular formula is C14H21NO3. The molecule has 0 aliphatic heterocycles. The fraction of sp³-hybridized carbons (Fsp3) is 0.500. The SMILES string of the molecule is CCOC(=O)C(NC(C)COC)c1ccccc1. The number of hydrogen-bond donors (Lipinski definition) is 1. The van der Waals surface area contributed by atoms with Gasteiger partial charge in [0.25, 0.3) is 0 Å². The topological polar surface area (TPSA) is 47.6 Å². The maximum absolute atomic E-state index is 12.0. The first-order valence-corrected chi connectivity index (χ1v) is 6.15. The minimum Gasteiger partial charge on any atom is -0.465 e. The van der Waals surface area contributed by atoms with Crippen molar-refractivity contribution in [1.29, 1.82) is 0 Å². The van der Waals surface area contributed by atoms with E-state index in [0.29, 0.717) is 13.2 Å². The molecule has 0 saturated heterocycles. The molecule has 0 heterocycles. The van der Waals surface area contributed by atoms with Gasteiger partial charge in [0.05, 0.1) is 13.2 Å². The number of carbonyl (C=O) groups excluding carboxylic acids is 1. The van der Waals surface area contributed by atoms with Crippen molar-refractivity contribution in [3.63, 3.8) is 0 Å². The minimum atomic E-state index is -0.448. The van der Waals surface area contributed by atoms with Crippen molar-refractivity contribution in [2.75, 3.05) is 20.3 Å². The molecular weight excluding hydrogens is 230 g/mol. The largest absolute Gasteiger partial charge is 0.465 e. The zero-order valence-electron chi connectivity index (χ0n) is 11.2. The summed E-state index contributed by atoms with van der Waals surface area (Å²) in [6.45, 7) is 4.70. The first-order chi connectivity index (χ1) is 8.69. The number of esters is 1. The molecule has 0 amide bonds. The summed E-state index contributed by atoms with van der Waals surface area (Å²) in [6, 6.07) is 9.18. The Labute approximate surface area is 108 Å². The van der Waals surface area contributed by atoms with E-state index in [1.54, 1.807) is 14.0 Å². The van der Waals surface area contributed by atoms with Crippen LogP contribution < -0.4 is 5.32 Å². The van der Waals surface area contributed by atoms with Crippen molar-refractivity contribution >= 4 is 5.97 Å². The summed E-state index contributed by atoms with van der Waals surface area (Å²) < 4.78 is 10.2. The van der Waals surface area contributed by atoms with Crippen LogP contribution in [-0.2, 0) is 14.3 Å². The van der Waals surface area contributed by atoms with Gasteiger partial charge in [0.15, 0.2) is 0 Å². The van der Waals surface area contributed by atoms with Crippen LogP contribution in [0.3, 0.4) is 0 Å². The Bertz CT molecular complexity index is 353. The van der Waals surface area contributed by atoms with Crippen LogP contribution in [0.2, 0.25) is 0 Å². The van der Waals surface area contributed by atoms with Gasteiger partial charge in [-0.2, -0.15) is 0 Å². The highest BCUT2D eigenvalue weighted by molar-refractivity contribution is 5.77. The van der Waals surface area contributed by atoms with Gasteiger partial charge in [-0.15, -0.1) is 0 Å². The second-order valence-electron chi connectivity index (χ2n) is 4.12. The predicted molar refractivity (Wildman–Crippen MR) is 70.3 cm³/mol. The molecule has 18 heavy (non-hydrogen) atoms. The molecule has 4 nitrogen and oxygen atoms in total. The Balaban J connectivity index is 2.78. The van der Waals surface area contributed by atoms with Crippen LogP contribution in [0.15, 0.2) is 30.3 Å². The first kappa shape index (κ1) is 14.7. The van der Waals surface area contributed by atoms with Crippen LogP contribution >= 0.6 is 0 Å². The van der Waals surface area contributed by atoms with Gasteiger partial charge in [-0.3, -0.25) is 5.32 Å². The minimum absolute atomic E-state index is 0.0737. The summed E-state index contributed by atoms with van der Waals surface area (Å²) >= 11 is 0. The summed E-state index contributed by atoms with van der Waals surface area (Å²) in [6.07, 6.45) is 0. The molecule has 0 aromatic heterocycles. The second kappa shape index (κ2) is 7.84. The number of ether oxygens (including phenoxy) is 2. The van der Waals surface area contributed by atoms with E-state index in [4.69, 9.17) is 9.47 Å². The van der Waals surface area contributed by atoms with Gasteiger partial charge in [0, 0.05) is 13.2 Å². The number of rotatable bonds is 7. The molecule has 2 unspecified atom stereocenters. The van der Waals surface area contributed by atoms with Crippen LogP contribution in [-0.4, -0.2) is 32.3 Å². The van der Waals surface area contributed by atoms with Gasteiger partial charge in [-0.1, -0.05) is 30.3 Å². The second-order valence-corrected chi connectivity index (χ2v) is 4.12. The van der Waals surface area contributed by atoms with E-state index in [1.165, 1.54) is 0 Å². The van der Waals surface area contributed by atoms with Crippen LogP contribution in [0, 0.1) is 0 Å². The third-order valence-corrected chi connectivity index (χ3v) is 2.52. The monoisotopic (exact) mass is 251 g/mol. The molecule has 1 rings (SSSR count). The van der Waals surface area contributed by atoms with Gasteiger partial charge >= 0.3 is 5.97 Å². The van der Waals surface area contributed by atoms with Crippen LogP contribution in [0.25, 0.3) is 0 Å². The summed E-state index contributed by atoms with van der Waals surface area (Å²) in [5.74, 6) is -0.258. The van der Waals surface area contributed by atoms with Gasteiger partial charge in [-0.05, 0) is 19.4 Å². The van der Waals surface area contributed by atoms with Crippen molar-refractivity contribution in [3.05, 3.63) is 35.9 Å². The lowest BCUT2D eigenvalue weighted by Gasteiger charge is -2.21. The number of nitrogens with one attached hydrogen (secondary N) is 1. The Kier molecular flexibility index (Phi) is 6.39. The molecule has 0 fully saturated rings. The molecule has 0 radical (unpaired) electrons. The van der Waals surface area contributed by atoms with Gasteiger partial charge in [0.2, 0.25) is 0 Å². The van der Waals surface area contributed by atoms with E-state index in [9.17, 15) is 4.79 Å². The van der Waals surface area contributed by atoms with Crippen LogP contribution in [0.5, 0.6) is 0 Å². The highest BCUT2D eigenvalue weighted by atomic mass is 16.5. The highest BCUT2D eigenvalue weighted by Crippen LogP contribution is 2.15. The van der Waals surface area contributed by atoms with E-state index in [2.05, 4.69) is 5.32 Å². The van der Waals surface area contributed by atoms with Crippen molar-refractivity contribution in [1.82, 2.24) is 5.32 Å².